The second-order valence-electron chi connectivity index (χ2n) is 3.84. The fraction of sp³-hybridized carbons (Fsp3) is 0.462. The summed E-state index contributed by atoms with van der Waals surface area (Å²) in [6.07, 6.45) is 4.01. The summed E-state index contributed by atoms with van der Waals surface area (Å²) >= 11 is 1.68. The molecule has 0 aromatic carbocycles. The van der Waals surface area contributed by atoms with Gasteiger partial charge in [0.25, 0.3) is 0 Å². The number of rotatable bonds is 7. The van der Waals surface area contributed by atoms with Gasteiger partial charge in [-0.3, -0.25) is 4.90 Å². The lowest BCUT2D eigenvalue weighted by Gasteiger charge is -2.18. The maximum Gasteiger partial charge on any atom is 0.328 e. The van der Waals surface area contributed by atoms with Gasteiger partial charge in [-0.2, -0.15) is 0 Å². The average Bonchev–Trinajstić information content (AvgIpc) is 2.73. The van der Waals surface area contributed by atoms with E-state index in [9.17, 15) is 4.79 Å². The molecule has 1 rings (SSSR count). The number of carboxylic acid groups (broad SMARTS) is 1. The largest absolute Gasteiger partial charge is 0.478 e. The normalized spacial score (nSPS) is 11.5. The zero-order chi connectivity index (χ0) is 12.7. The van der Waals surface area contributed by atoms with Gasteiger partial charge in [0.2, 0.25) is 0 Å². The molecule has 1 N–H and O–H groups in total. The van der Waals surface area contributed by atoms with Crippen LogP contribution in [0.15, 0.2) is 17.5 Å². The topological polar surface area (TPSA) is 40.5 Å². The molecule has 94 valence electrons. The van der Waals surface area contributed by atoms with Crippen LogP contribution in [0.4, 0.5) is 0 Å². The molecule has 0 saturated carbocycles. The monoisotopic (exact) mass is 253 g/mol. The minimum Gasteiger partial charge on any atom is -0.478 e. The van der Waals surface area contributed by atoms with Crippen molar-refractivity contribution in [2.45, 2.75) is 26.8 Å². The van der Waals surface area contributed by atoms with Crippen LogP contribution in [0.2, 0.25) is 0 Å². The van der Waals surface area contributed by atoms with Crippen molar-refractivity contribution in [2.75, 3.05) is 13.1 Å². The molecule has 3 nitrogen and oxygen atoms in total. The highest BCUT2D eigenvalue weighted by atomic mass is 32.1. The summed E-state index contributed by atoms with van der Waals surface area (Å²) in [7, 11) is 0. The Morgan fingerprint density at radius 1 is 1.53 bits per heavy atom. The highest BCUT2D eigenvalue weighted by Gasteiger charge is 2.07. The summed E-state index contributed by atoms with van der Waals surface area (Å²) in [5.74, 6) is -0.900. The van der Waals surface area contributed by atoms with E-state index in [1.165, 1.54) is 11.0 Å². The van der Waals surface area contributed by atoms with Crippen molar-refractivity contribution in [3.05, 3.63) is 28.0 Å². The Hall–Kier alpha value is -1.13. The van der Waals surface area contributed by atoms with Gasteiger partial charge in [-0.15, -0.1) is 11.3 Å². The summed E-state index contributed by atoms with van der Waals surface area (Å²) in [6.45, 7) is 7.32. The molecule has 0 unspecified atom stereocenters. The van der Waals surface area contributed by atoms with Gasteiger partial charge in [-0.05, 0) is 42.6 Å². The van der Waals surface area contributed by atoms with Crippen LogP contribution in [0.1, 0.15) is 30.7 Å². The summed E-state index contributed by atoms with van der Waals surface area (Å²) < 4.78 is 0. The van der Waals surface area contributed by atoms with E-state index in [4.69, 9.17) is 5.11 Å². The Morgan fingerprint density at radius 2 is 2.29 bits per heavy atom. The third-order valence-corrected chi connectivity index (χ3v) is 3.46. The summed E-state index contributed by atoms with van der Waals surface area (Å²) in [4.78, 5) is 14.1. The summed E-state index contributed by atoms with van der Waals surface area (Å²) in [6, 6.07) is 1.97. The van der Waals surface area contributed by atoms with Crippen LogP contribution in [-0.4, -0.2) is 29.1 Å². The van der Waals surface area contributed by atoms with Crippen LogP contribution >= 0.6 is 11.3 Å². The van der Waals surface area contributed by atoms with E-state index in [0.29, 0.717) is 0 Å². The van der Waals surface area contributed by atoms with Gasteiger partial charge in [-0.1, -0.05) is 13.8 Å². The first kappa shape index (κ1) is 13.9. The van der Waals surface area contributed by atoms with Crippen LogP contribution < -0.4 is 0 Å². The molecule has 1 aromatic rings. The molecule has 1 aromatic heterocycles. The zero-order valence-electron chi connectivity index (χ0n) is 10.3. The molecule has 0 atom stereocenters. The second-order valence-corrected chi connectivity index (χ2v) is 4.84. The Labute approximate surface area is 106 Å². The van der Waals surface area contributed by atoms with Crippen LogP contribution in [0.5, 0.6) is 0 Å². The number of hydrogen-bond donors (Lipinski definition) is 1. The first-order chi connectivity index (χ1) is 8.17. The Morgan fingerprint density at radius 3 is 2.88 bits per heavy atom. The van der Waals surface area contributed by atoms with Crippen molar-refractivity contribution in [1.82, 2.24) is 4.90 Å². The van der Waals surface area contributed by atoms with Gasteiger partial charge in [0.05, 0.1) is 0 Å². The lowest BCUT2D eigenvalue weighted by Crippen LogP contribution is -2.23. The summed E-state index contributed by atoms with van der Waals surface area (Å²) in [5.41, 5.74) is 1.02. The molecule has 17 heavy (non-hydrogen) atoms. The van der Waals surface area contributed by atoms with E-state index < -0.39 is 5.97 Å². The van der Waals surface area contributed by atoms with Crippen LogP contribution in [0.25, 0.3) is 6.08 Å². The molecule has 0 bridgehead atoms. The predicted molar refractivity (Wildman–Crippen MR) is 72.2 cm³/mol. The third kappa shape index (κ3) is 4.71. The number of thiophene rings is 1. The zero-order valence-corrected chi connectivity index (χ0v) is 11.2. The van der Waals surface area contributed by atoms with Gasteiger partial charge < -0.3 is 5.11 Å². The van der Waals surface area contributed by atoms with Crippen molar-refractivity contribution in [3.8, 4) is 0 Å². The molecule has 0 aliphatic rings. The molecule has 0 spiro atoms. The second kappa shape index (κ2) is 7.25. The maximum atomic E-state index is 10.5. The van der Waals surface area contributed by atoms with Gasteiger partial charge in [0, 0.05) is 17.5 Å². The maximum absolute atomic E-state index is 10.5. The molecule has 0 saturated heterocycles. The Balaban J connectivity index is 2.70. The minimum atomic E-state index is -0.900. The van der Waals surface area contributed by atoms with E-state index in [1.54, 1.807) is 17.4 Å². The van der Waals surface area contributed by atoms with E-state index >= 15 is 0 Å². The fourth-order valence-corrected chi connectivity index (χ4v) is 2.57. The quantitative estimate of drug-likeness (QED) is 0.759. The number of hydrogen-bond acceptors (Lipinski definition) is 3. The number of carboxylic acids is 1. The molecule has 1 heterocycles. The number of aliphatic carboxylic acids is 1. The van der Waals surface area contributed by atoms with E-state index in [1.807, 2.05) is 11.4 Å². The fourth-order valence-electron chi connectivity index (χ4n) is 1.66. The molecular weight excluding hydrogens is 234 g/mol. The smallest absolute Gasteiger partial charge is 0.328 e. The highest BCUT2D eigenvalue weighted by Crippen LogP contribution is 2.20. The standard InChI is InChI=1S/C13H19NO2S/c1-3-8-14(4-2)10-12-11(7-9-17-12)5-6-13(15)16/h5-7,9H,3-4,8,10H2,1-2H3,(H,15,16). The van der Waals surface area contributed by atoms with E-state index in [2.05, 4.69) is 18.7 Å². The Kier molecular flexibility index (Phi) is 5.94. The molecular formula is C13H19NO2S. The highest BCUT2D eigenvalue weighted by molar-refractivity contribution is 7.10. The van der Waals surface area contributed by atoms with Crippen LogP contribution in [-0.2, 0) is 11.3 Å². The molecule has 0 aliphatic carbocycles. The van der Waals surface area contributed by atoms with Crippen molar-refractivity contribution in [1.29, 1.82) is 0 Å². The van der Waals surface area contributed by atoms with Gasteiger partial charge >= 0.3 is 5.97 Å². The first-order valence-corrected chi connectivity index (χ1v) is 6.75. The van der Waals surface area contributed by atoms with Gasteiger partial charge in [0.15, 0.2) is 0 Å². The van der Waals surface area contributed by atoms with Crippen LogP contribution in [0, 0.1) is 0 Å². The Bertz CT molecular complexity index is 385. The lowest BCUT2D eigenvalue weighted by atomic mass is 10.2. The first-order valence-electron chi connectivity index (χ1n) is 5.87. The van der Waals surface area contributed by atoms with Gasteiger partial charge in [-0.25, -0.2) is 4.79 Å². The minimum absolute atomic E-state index is 0.900. The lowest BCUT2D eigenvalue weighted by molar-refractivity contribution is -0.131. The number of carbonyl (C=O) groups is 1. The molecule has 4 heteroatoms. The van der Waals surface area contributed by atoms with E-state index in [0.717, 1.165) is 31.6 Å². The van der Waals surface area contributed by atoms with Crippen molar-refractivity contribution in [2.24, 2.45) is 0 Å². The van der Waals surface area contributed by atoms with Crippen LogP contribution in [0.3, 0.4) is 0 Å². The summed E-state index contributed by atoms with van der Waals surface area (Å²) in [5, 5.41) is 10.6. The molecule has 0 radical (unpaired) electrons. The number of nitrogens with zero attached hydrogens (tertiary/aromatic N) is 1. The molecule has 0 amide bonds. The average molecular weight is 253 g/mol. The van der Waals surface area contributed by atoms with Crippen molar-refractivity contribution in [3.63, 3.8) is 0 Å². The third-order valence-electron chi connectivity index (χ3n) is 2.54. The molecule has 0 aliphatic heterocycles. The SMILES string of the molecule is CCCN(CC)Cc1sccc1C=CC(=O)O. The van der Waals surface area contributed by atoms with Gasteiger partial charge in [0.1, 0.15) is 0 Å². The predicted octanol–water partition coefficient (Wildman–Crippen LogP) is 3.08. The van der Waals surface area contributed by atoms with Crippen molar-refractivity contribution < 1.29 is 9.90 Å². The van der Waals surface area contributed by atoms with Crippen molar-refractivity contribution >= 4 is 23.4 Å². The molecule has 0 fully saturated rings. The van der Waals surface area contributed by atoms with E-state index in [-0.39, 0.29) is 0 Å².